The number of sulfonamides is 1. The van der Waals surface area contributed by atoms with Crippen LogP contribution in [0.2, 0.25) is 5.02 Å². The van der Waals surface area contributed by atoms with E-state index in [1.807, 2.05) is 24.3 Å². The molecule has 2 aromatic rings. The second-order valence-electron chi connectivity index (χ2n) is 5.93. The van der Waals surface area contributed by atoms with Gasteiger partial charge in [0.15, 0.2) is 0 Å². The molecule has 3 rings (SSSR count). The Labute approximate surface area is 152 Å². The summed E-state index contributed by atoms with van der Waals surface area (Å²) in [6, 6.07) is 13.6. The van der Waals surface area contributed by atoms with Crippen molar-refractivity contribution in [3.05, 3.63) is 64.7 Å². The van der Waals surface area contributed by atoms with Crippen molar-refractivity contribution < 1.29 is 13.2 Å². The number of nitrogens with zero attached hydrogens (tertiary/aromatic N) is 1. The smallest absolute Gasteiger partial charge is 0.243 e. The number of halogens is 1. The molecule has 0 aliphatic carbocycles. The fraction of sp³-hybridized carbons (Fsp3) is 0.278. The molecule has 0 saturated heterocycles. The van der Waals surface area contributed by atoms with Gasteiger partial charge in [0, 0.05) is 17.3 Å². The predicted octanol–water partition coefficient (Wildman–Crippen LogP) is 3.06. The lowest BCUT2D eigenvalue weighted by Gasteiger charge is -2.34. The summed E-state index contributed by atoms with van der Waals surface area (Å²) in [6.45, 7) is 1.80. The summed E-state index contributed by atoms with van der Waals surface area (Å²) in [4.78, 5) is 12.8. The fourth-order valence-corrected chi connectivity index (χ4v) is 4.29. The van der Waals surface area contributed by atoms with E-state index >= 15 is 0 Å². The van der Waals surface area contributed by atoms with Gasteiger partial charge in [-0.15, -0.1) is 0 Å². The Balaban J connectivity index is 1.90. The third-order valence-corrected chi connectivity index (χ3v) is 6.42. The molecule has 1 aliphatic heterocycles. The number of benzene rings is 2. The topological polar surface area (TPSA) is 66.5 Å². The zero-order valence-corrected chi connectivity index (χ0v) is 15.3. The van der Waals surface area contributed by atoms with Crippen LogP contribution in [0, 0.1) is 0 Å². The van der Waals surface area contributed by atoms with Crippen molar-refractivity contribution in [2.45, 2.75) is 25.9 Å². The van der Waals surface area contributed by atoms with E-state index in [-0.39, 0.29) is 18.2 Å². The minimum absolute atomic E-state index is 0.0418. The maximum Gasteiger partial charge on any atom is 0.243 e. The standard InChI is InChI=1S/C18H19ClN2O3S/c1-2-25(23,24)21-12-14-6-4-3-5-13(14)11-17(21)18(22)20-16-9-7-15(19)8-10-16/h3-10,17H,2,11-12H2,1H3,(H,20,22)/t17-/m0/s1. The molecule has 1 amide bonds. The summed E-state index contributed by atoms with van der Waals surface area (Å²) in [5, 5.41) is 3.36. The van der Waals surface area contributed by atoms with Crippen LogP contribution in [-0.4, -0.2) is 30.4 Å². The van der Waals surface area contributed by atoms with Gasteiger partial charge in [-0.1, -0.05) is 35.9 Å². The molecular formula is C18H19ClN2O3S. The predicted molar refractivity (Wildman–Crippen MR) is 99.0 cm³/mol. The number of hydrogen-bond acceptors (Lipinski definition) is 3. The van der Waals surface area contributed by atoms with E-state index in [2.05, 4.69) is 5.32 Å². The molecular weight excluding hydrogens is 360 g/mol. The minimum Gasteiger partial charge on any atom is -0.325 e. The van der Waals surface area contributed by atoms with Gasteiger partial charge in [0.25, 0.3) is 0 Å². The van der Waals surface area contributed by atoms with E-state index in [1.54, 1.807) is 31.2 Å². The highest BCUT2D eigenvalue weighted by Crippen LogP contribution is 2.27. The van der Waals surface area contributed by atoms with Gasteiger partial charge in [0.2, 0.25) is 15.9 Å². The van der Waals surface area contributed by atoms with E-state index in [0.29, 0.717) is 17.1 Å². The lowest BCUT2D eigenvalue weighted by atomic mass is 9.95. The molecule has 0 bridgehead atoms. The quantitative estimate of drug-likeness (QED) is 0.889. The molecule has 1 atom stereocenters. The van der Waals surface area contributed by atoms with Crippen LogP contribution in [0.25, 0.3) is 0 Å². The van der Waals surface area contributed by atoms with Crippen molar-refractivity contribution in [3.63, 3.8) is 0 Å². The van der Waals surface area contributed by atoms with E-state index in [1.165, 1.54) is 4.31 Å². The SMILES string of the molecule is CCS(=O)(=O)N1Cc2ccccc2C[C@H]1C(=O)Nc1ccc(Cl)cc1. The molecule has 7 heteroatoms. The number of anilines is 1. The van der Waals surface area contributed by atoms with Gasteiger partial charge in [-0.05, 0) is 48.7 Å². The third-order valence-electron chi connectivity index (χ3n) is 4.34. The van der Waals surface area contributed by atoms with Gasteiger partial charge in [-0.2, -0.15) is 4.31 Å². The van der Waals surface area contributed by atoms with E-state index < -0.39 is 16.1 Å². The number of hydrogen-bond donors (Lipinski definition) is 1. The Morgan fingerprint density at radius 1 is 1.16 bits per heavy atom. The van der Waals surface area contributed by atoms with Crippen molar-refractivity contribution in [2.75, 3.05) is 11.1 Å². The lowest BCUT2D eigenvalue weighted by Crippen LogP contribution is -2.51. The number of nitrogens with one attached hydrogen (secondary N) is 1. The van der Waals surface area contributed by atoms with Gasteiger partial charge in [-0.3, -0.25) is 4.79 Å². The zero-order valence-electron chi connectivity index (χ0n) is 13.8. The number of carbonyl (C=O) groups is 1. The first-order valence-corrected chi connectivity index (χ1v) is 10.0. The summed E-state index contributed by atoms with van der Waals surface area (Å²) in [6.07, 6.45) is 0.356. The van der Waals surface area contributed by atoms with Crippen LogP contribution in [0.15, 0.2) is 48.5 Å². The van der Waals surface area contributed by atoms with Crippen molar-refractivity contribution in [1.82, 2.24) is 4.31 Å². The molecule has 5 nitrogen and oxygen atoms in total. The normalized spacial score (nSPS) is 17.8. The zero-order chi connectivity index (χ0) is 18.0. The molecule has 0 aromatic heterocycles. The van der Waals surface area contributed by atoms with Crippen LogP contribution >= 0.6 is 11.6 Å². The van der Waals surface area contributed by atoms with E-state index in [0.717, 1.165) is 11.1 Å². The number of fused-ring (bicyclic) bond motifs is 1. The second kappa shape index (κ2) is 7.15. The lowest BCUT2D eigenvalue weighted by molar-refractivity contribution is -0.120. The molecule has 0 unspecified atom stereocenters. The Morgan fingerprint density at radius 3 is 2.44 bits per heavy atom. The Kier molecular flexibility index (Phi) is 5.13. The van der Waals surface area contributed by atoms with Gasteiger partial charge in [0.1, 0.15) is 6.04 Å². The summed E-state index contributed by atoms with van der Waals surface area (Å²) in [5.74, 6) is -0.381. The maximum atomic E-state index is 12.8. The highest BCUT2D eigenvalue weighted by Gasteiger charge is 2.37. The van der Waals surface area contributed by atoms with Crippen LogP contribution in [-0.2, 0) is 27.8 Å². The highest BCUT2D eigenvalue weighted by molar-refractivity contribution is 7.89. The first-order chi connectivity index (χ1) is 11.9. The minimum atomic E-state index is -3.51. The van der Waals surface area contributed by atoms with Crippen molar-refractivity contribution in [2.24, 2.45) is 0 Å². The molecule has 25 heavy (non-hydrogen) atoms. The van der Waals surface area contributed by atoms with Crippen LogP contribution in [0.4, 0.5) is 5.69 Å². The van der Waals surface area contributed by atoms with Crippen molar-refractivity contribution in [1.29, 1.82) is 0 Å². The van der Waals surface area contributed by atoms with Crippen LogP contribution in [0.5, 0.6) is 0 Å². The van der Waals surface area contributed by atoms with Gasteiger partial charge >= 0.3 is 0 Å². The molecule has 1 aliphatic rings. The number of rotatable bonds is 4. The summed E-state index contributed by atoms with van der Waals surface area (Å²) in [5.41, 5.74) is 2.53. The molecule has 0 saturated carbocycles. The Morgan fingerprint density at radius 2 is 1.80 bits per heavy atom. The first-order valence-electron chi connectivity index (χ1n) is 8.03. The molecule has 0 fully saturated rings. The number of amides is 1. The average Bonchev–Trinajstić information content (AvgIpc) is 2.62. The summed E-state index contributed by atoms with van der Waals surface area (Å²) in [7, 11) is -3.51. The molecule has 0 spiro atoms. The van der Waals surface area contributed by atoms with Gasteiger partial charge in [0.05, 0.1) is 5.75 Å². The average molecular weight is 379 g/mol. The molecule has 2 aromatic carbocycles. The Bertz CT molecular complexity index is 881. The molecule has 1 N–H and O–H groups in total. The number of carbonyl (C=O) groups excluding carboxylic acids is 1. The third kappa shape index (κ3) is 3.86. The van der Waals surface area contributed by atoms with Crippen LogP contribution < -0.4 is 5.32 Å². The van der Waals surface area contributed by atoms with Crippen LogP contribution in [0.3, 0.4) is 0 Å². The fourth-order valence-electron chi connectivity index (χ4n) is 2.94. The summed E-state index contributed by atoms with van der Waals surface area (Å²) < 4.78 is 26.3. The largest absolute Gasteiger partial charge is 0.325 e. The Hall–Kier alpha value is -1.89. The second-order valence-corrected chi connectivity index (χ2v) is 8.58. The van der Waals surface area contributed by atoms with E-state index in [4.69, 9.17) is 11.6 Å². The van der Waals surface area contributed by atoms with Gasteiger partial charge < -0.3 is 5.32 Å². The maximum absolute atomic E-state index is 12.8. The highest BCUT2D eigenvalue weighted by atomic mass is 35.5. The van der Waals surface area contributed by atoms with E-state index in [9.17, 15) is 13.2 Å². The first kappa shape index (κ1) is 17.9. The van der Waals surface area contributed by atoms with Crippen molar-refractivity contribution in [3.8, 4) is 0 Å². The summed E-state index contributed by atoms with van der Waals surface area (Å²) >= 11 is 5.85. The molecule has 0 radical (unpaired) electrons. The van der Waals surface area contributed by atoms with Gasteiger partial charge in [-0.25, -0.2) is 8.42 Å². The monoisotopic (exact) mass is 378 g/mol. The molecule has 132 valence electrons. The molecule has 1 heterocycles. The van der Waals surface area contributed by atoms with Crippen LogP contribution in [0.1, 0.15) is 18.1 Å². The van der Waals surface area contributed by atoms with Crippen molar-refractivity contribution >= 4 is 33.2 Å².